The second-order valence-corrected chi connectivity index (χ2v) is 7.54. The topological polar surface area (TPSA) is 65.2 Å². The molecule has 2 aromatic heterocycles. The van der Waals surface area contributed by atoms with E-state index in [-0.39, 0.29) is 5.82 Å². The second kappa shape index (κ2) is 8.67. The Kier molecular flexibility index (Phi) is 5.40. The standard InChI is InChI=1S/C27H19FN2O3/c1-32-25-9-5-3-7-20(25)22-16-23(21-15-18-6-2-4-8-24(18)33-27(21)31)30-26(29-22)14-17-10-12-19(28)13-11-17/h2-13,15-16H,14H2,1H3. The highest BCUT2D eigenvalue weighted by molar-refractivity contribution is 5.81. The maximum atomic E-state index is 13.4. The first-order valence-electron chi connectivity index (χ1n) is 10.4. The van der Waals surface area contributed by atoms with Crippen LogP contribution in [-0.4, -0.2) is 17.1 Å². The second-order valence-electron chi connectivity index (χ2n) is 7.54. The number of hydrogen-bond donors (Lipinski definition) is 0. The van der Waals surface area contributed by atoms with Crippen molar-refractivity contribution in [2.24, 2.45) is 0 Å². The van der Waals surface area contributed by atoms with Gasteiger partial charge in [0.05, 0.1) is 24.1 Å². The number of ether oxygens (including phenoxy) is 1. The summed E-state index contributed by atoms with van der Waals surface area (Å²) in [6.45, 7) is 0. The summed E-state index contributed by atoms with van der Waals surface area (Å²) in [5, 5.41) is 0.796. The zero-order chi connectivity index (χ0) is 22.8. The van der Waals surface area contributed by atoms with Crippen molar-refractivity contribution in [3.05, 3.63) is 113 Å². The average Bonchev–Trinajstić information content (AvgIpc) is 2.85. The number of methoxy groups -OCH3 is 1. The van der Waals surface area contributed by atoms with Gasteiger partial charge in [0.25, 0.3) is 0 Å². The van der Waals surface area contributed by atoms with E-state index in [4.69, 9.17) is 14.1 Å². The van der Waals surface area contributed by atoms with Crippen molar-refractivity contribution >= 4 is 11.0 Å². The lowest BCUT2D eigenvalue weighted by Gasteiger charge is -2.11. The smallest absolute Gasteiger partial charge is 0.345 e. The molecule has 0 fully saturated rings. The molecule has 0 amide bonds. The van der Waals surface area contributed by atoms with Crippen molar-refractivity contribution in [2.75, 3.05) is 7.11 Å². The summed E-state index contributed by atoms with van der Waals surface area (Å²) in [6, 6.07) is 24.6. The summed E-state index contributed by atoms with van der Waals surface area (Å²) in [5.74, 6) is 0.838. The fourth-order valence-electron chi connectivity index (χ4n) is 3.73. The molecule has 0 aliphatic heterocycles. The van der Waals surface area contributed by atoms with Gasteiger partial charge in [-0.15, -0.1) is 0 Å². The highest BCUT2D eigenvalue weighted by Crippen LogP contribution is 2.31. The van der Waals surface area contributed by atoms with Crippen LogP contribution < -0.4 is 10.4 Å². The molecule has 6 heteroatoms. The Hall–Kier alpha value is -4.32. The summed E-state index contributed by atoms with van der Waals surface area (Å²) in [7, 11) is 1.60. The molecule has 5 nitrogen and oxygen atoms in total. The molecule has 0 aliphatic rings. The summed E-state index contributed by atoms with van der Waals surface area (Å²) in [4.78, 5) is 22.2. The molecule has 0 N–H and O–H groups in total. The van der Waals surface area contributed by atoms with E-state index in [0.717, 1.165) is 16.5 Å². The molecular formula is C27H19FN2O3. The Morgan fingerprint density at radius 2 is 1.55 bits per heavy atom. The third-order valence-electron chi connectivity index (χ3n) is 5.35. The lowest BCUT2D eigenvalue weighted by molar-refractivity contribution is 0.416. The molecule has 0 saturated heterocycles. The molecule has 0 atom stereocenters. The van der Waals surface area contributed by atoms with Crippen LogP contribution in [0.5, 0.6) is 5.75 Å². The number of halogens is 1. The monoisotopic (exact) mass is 438 g/mol. The molecule has 0 spiro atoms. The summed E-state index contributed by atoms with van der Waals surface area (Å²) in [6.07, 6.45) is 0.370. The SMILES string of the molecule is COc1ccccc1-c1cc(-c2cc3ccccc3oc2=O)nc(Cc2ccc(F)cc2)n1. The van der Waals surface area contributed by atoms with Gasteiger partial charge in [0, 0.05) is 17.4 Å². The van der Waals surface area contributed by atoms with E-state index in [1.165, 1.54) is 12.1 Å². The van der Waals surface area contributed by atoms with Gasteiger partial charge in [-0.05, 0) is 48.0 Å². The molecule has 0 aliphatic carbocycles. The van der Waals surface area contributed by atoms with Gasteiger partial charge in [-0.1, -0.05) is 42.5 Å². The molecule has 0 bridgehead atoms. The number of aromatic nitrogens is 2. The quantitative estimate of drug-likeness (QED) is 0.332. The van der Waals surface area contributed by atoms with E-state index >= 15 is 0 Å². The van der Waals surface area contributed by atoms with Crippen LogP contribution >= 0.6 is 0 Å². The van der Waals surface area contributed by atoms with Crippen LogP contribution in [0.25, 0.3) is 33.5 Å². The van der Waals surface area contributed by atoms with Crippen molar-refractivity contribution in [2.45, 2.75) is 6.42 Å². The fourth-order valence-corrected chi connectivity index (χ4v) is 3.73. The van der Waals surface area contributed by atoms with Gasteiger partial charge in [0.2, 0.25) is 0 Å². The van der Waals surface area contributed by atoms with E-state index in [2.05, 4.69) is 4.98 Å². The number of rotatable bonds is 5. The number of fused-ring (bicyclic) bond motifs is 1. The normalized spacial score (nSPS) is 11.0. The fraction of sp³-hybridized carbons (Fsp3) is 0.0741. The molecular weight excluding hydrogens is 419 g/mol. The van der Waals surface area contributed by atoms with Crippen LogP contribution in [0.1, 0.15) is 11.4 Å². The Labute approximate surface area is 189 Å². The third-order valence-corrected chi connectivity index (χ3v) is 5.35. The number of nitrogens with zero attached hydrogens (tertiary/aromatic N) is 2. The van der Waals surface area contributed by atoms with Crippen LogP contribution in [0.4, 0.5) is 4.39 Å². The number of hydrogen-bond acceptors (Lipinski definition) is 5. The van der Waals surface area contributed by atoms with Crippen molar-refractivity contribution in [1.82, 2.24) is 9.97 Å². The Bertz CT molecular complexity index is 1510. The van der Waals surface area contributed by atoms with Crippen LogP contribution in [-0.2, 0) is 6.42 Å². The summed E-state index contributed by atoms with van der Waals surface area (Å²) >= 11 is 0. The Morgan fingerprint density at radius 3 is 2.33 bits per heavy atom. The molecule has 33 heavy (non-hydrogen) atoms. The molecule has 5 aromatic rings. The van der Waals surface area contributed by atoms with Gasteiger partial charge >= 0.3 is 5.63 Å². The summed E-state index contributed by atoms with van der Waals surface area (Å²) in [5.41, 5.74) is 3.06. The van der Waals surface area contributed by atoms with Crippen molar-refractivity contribution in [3.8, 4) is 28.3 Å². The minimum Gasteiger partial charge on any atom is -0.496 e. The molecule has 0 saturated carbocycles. The zero-order valence-corrected chi connectivity index (χ0v) is 17.8. The number of para-hydroxylation sites is 2. The maximum Gasteiger partial charge on any atom is 0.345 e. The zero-order valence-electron chi connectivity index (χ0n) is 17.8. The molecule has 5 rings (SSSR count). The minimum atomic E-state index is -0.480. The van der Waals surface area contributed by atoms with Crippen LogP contribution in [0.3, 0.4) is 0 Å². The number of benzene rings is 3. The van der Waals surface area contributed by atoms with Crippen molar-refractivity contribution in [1.29, 1.82) is 0 Å². The van der Waals surface area contributed by atoms with Gasteiger partial charge in [-0.2, -0.15) is 0 Å². The van der Waals surface area contributed by atoms with E-state index in [1.807, 2.05) is 42.5 Å². The largest absolute Gasteiger partial charge is 0.496 e. The maximum absolute atomic E-state index is 13.4. The van der Waals surface area contributed by atoms with Crippen molar-refractivity contribution < 1.29 is 13.5 Å². The molecule has 3 aromatic carbocycles. The minimum absolute atomic E-state index is 0.308. The lowest BCUT2D eigenvalue weighted by Crippen LogP contribution is -2.07. The highest BCUT2D eigenvalue weighted by atomic mass is 19.1. The predicted molar refractivity (Wildman–Crippen MR) is 125 cm³/mol. The Balaban J connectivity index is 1.69. The van der Waals surface area contributed by atoms with Gasteiger partial charge < -0.3 is 9.15 Å². The van der Waals surface area contributed by atoms with Gasteiger partial charge in [-0.25, -0.2) is 19.2 Å². The van der Waals surface area contributed by atoms with E-state index in [9.17, 15) is 9.18 Å². The van der Waals surface area contributed by atoms with E-state index in [0.29, 0.717) is 40.5 Å². The van der Waals surface area contributed by atoms with Gasteiger partial charge in [0.15, 0.2) is 0 Å². The molecule has 0 radical (unpaired) electrons. The highest BCUT2D eigenvalue weighted by Gasteiger charge is 2.16. The first-order valence-corrected chi connectivity index (χ1v) is 10.4. The lowest BCUT2D eigenvalue weighted by atomic mass is 10.1. The van der Waals surface area contributed by atoms with Crippen molar-refractivity contribution in [3.63, 3.8) is 0 Å². The average molecular weight is 438 g/mol. The molecule has 162 valence electrons. The molecule has 0 unspecified atom stereocenters. The predicted octanol–water partition coefficient (Wildman–Crippen LogP) is 5.66. The van der Waals surface area contributed by atoms with Crippen LogP contribution in [0.2, 0.25) is 0 Å². The van der Waals surface area contributed by atoms with E-state index < -0.39 is 5.63 Å². The van der Waals surface area contributed by atoms with Crippen LogP contribution in [0.15, 0.2) is 94.1 Å². The van der Waals surface area contributed by atoms with Crippen LogP contribution in [0, 0.1) is 5.82 Å². The first-order chi connectivity index (χ1) is 16.1. The first kappa shape index (κ1) is 20.6. The summed E-state index contributed by atoms with van der Waals surface area (Å²) < 4.78 is 24.4. The molecule has 2 heterocycles. The van der Waals surface area contributed by atoms with Gasteiger partial charge in [0.1, 0.15) is 23.0 Å². The third kappa shape index (κ3) is 4.23. The van der Waals surface area contributed by atoms with Gasteiger partial charge in [-0.3, -0.25) is 0 Å². The Morgan fingerprint density at radius 1 is 0.848 bits per heavy atom. The van der Waals surface area contributed by atoms with E-state index in [1.54, 1.807) is 37.4 Å².